The molecule has 8 heteroatoms. The Morgan fingerprint density at radius 3 is 2.50 bits per heavy atom. The van der Waals surface area contributed by atoms with Gasteiger partial charge in [0.1, 0.15) is 11.4 Å². The number of hydrazone groups is 1. The van der Waals surface area contributed by atoms with Crippen LogP contribution < -0.4 is 10.2 Å². The van der Waals surface area contributed by atoms with Gasteiger partial charge in [-0.15, -0.1) is 0 Å². The lowest BCUT2D eigenvalue weighted by atomic mass is 10.1. The summed E-state index contributed by atoms with van der Waals surface area (Å²) in [6.45, 7) is 5.00. The largest absolute Gasteiger partial charge is 0.494 e. The number of esters is 1. The van der Waals surface area contributed by atoms with E-state index < -0.39 is 11.9 Å². The van der Waals surface area contributed by atoms with Crippen molar-refractivity contribution < 1.29 is 19.1 Å². The third-order valence-corrected chi connectivity index (χ3v) is 4.65. The van der Waals surface area contributed by atoms with Crippen LogP contribution in [0.1, 0.15) is 46.7 Å². The van der Waals surface area contributed by atoms with Crippen LogP contribution in [-0.2, 0) is 4.74 Å². The molecule has 0 spiro atoms. The first kappa shape index (κ1) is 22.7. The molecule has 0 unspecified atom stereocenters. The number of rotatable bonds is 9. The number of carbonyl (C=O) groups excluding carboxylic acids is 2. The molecule has 3 rings (SSSR count). The quantitative estimate of drug-likeness (QED) is 0.300. The van der Waals surface area contributed by atoms with Crippen molar-refractivity contribution in [3.63, 3.8) is 0 Å². The summed E-state index contributed by atoms with van der Waals surface area (Å²) in [4.78, 5) is 23.8. The SMILES string of the molecule is COC(=O)c1ccc(/C=N\NC(=O)c2cc(-c3ccc(OCCC(C)C)cc3)n[nH]2)cc1. The molecule has 0 bridgehead atoms. The average molecular weight is 434 g/mol. The van der Waals surface area contributed by atoms with Crippen molar-refractivity contribution in [3.8, 4) is 17.0 Å². The lowest BCUT2D eigenvalue weighted by molar-refractivity contribution is 0.0600. The van der Waals surface area contributed by atoms with E-state index in [1.807, 2.05) is 24.3 Å². The van der Waals surface area contributed by atoms with Gasteiger partial charge in [-0.25, -0.2) is 10.2 Å². The van der Waals surface area contributed by atoms with Crippen LogP contribution in [0.2, 0.25) is 0 Å². The van der Waals surface area contributed by atoms with E-state index in [2.05, 4.69) is 39.3 Å². The smallest absolute Gasteiger partial charge is 0.337 e. The molecule has 0 radical (unpaired) electrons. The lowest BCUT2D eigenvalue weighted by Crippen LogP contribution is -2.18. The predicted octanol–water partition coefficient (Wildman–Crippen LogP) is 4.05. The number of hydrogen-bond acceptors (Lipinski definition) is 6. The van der Waals surface area contributed by atoms with Gasteiger partial charge in [-0.05, 0) is 60.4 Å². The van der Waals surface area contributed by atoms with E-state index in [0.29, 0.717) is 23.8 Å². The molecule has 0 fully saturated rings. The number of nitrogens with zero attached hydrogens (tertiary/aromatic N) is 2. The van der Waals surface area contributed by atoms with Crippen molar-refractivity contribution in [1.82, 2.24) is 15.6 Å². The average Bonchev–Trinajstić information content (AvgIpc) is 3.30. The van der Waals surface area contributed by atoms with E-state index in [1.54, 1.807) is 30.3 Å². The normalized spacial score (nSPS) is 11.0. The summed E-state index contributed by atoms with van der Waals surface area (Å²) in [5.41, 5.74) is 5.41. The second-order valence-electron chi connectivity index (χ2n) is 7.53. The van der Waals surface area contributed by atoms with Crippen LogP contribution in [0.25, 0.3) is 11.3 Å². The summed E-state index contributed by atoms with van der Waals surface area (Å²) in [6, 6.07) is 15.9. The van der Waals surface area contributed by atoms with Gasteiger partial charge in [-0.2, -0.15) is 10.2 Å². The van der Waals surface area contributed by atoms with E-state index >= 15 is 0 Å². The first-order chi connectivity index (χ1) is 15.5. The van der Waals surface area contributed by atoms with Crippen LogP contribution >= 0.6 is 0 Å². The van der Waals surface area contributed by atoms with E-state index in [1.165, 1.54) is 13.3 Å². The van der Waals surface area contributed by atoms with Crippen molar-refractivity contribution in [1.29, 1.82) is 0 Å². The van der Waals surface area contributed by atoms with Crippen molar-refractivity contribution in [2.45, 2.75) is 20.3 Å². The Hall–Kier alpha value is -3.94. The number of aromatic amines is 1. The maximum absolute atomic E-state index is 12.3. The lowest BCUT2D eigenvalue weighted by Gasteiger charge is -2.08. The fourth-order valence-corrected chi connectivity index (χ4v) is 2.77. The topological polar surface area (TPSA) is 106 Å². The number of amides is 1. The molecule has 2 N–H and O–H groups in total. The van der Waals surface area contributed by atoms with Crippen LogP contribution in [-0.4, -0.2) is 42.0 Å². The molecule has 0 aliphatic heterocycles. The van der Waals surface area contributed by atoms with Crippen LogP contribution in [0.5, 0.6) is 5.75 Å². The minimum Gasteiger partial charge on any atom is -0.494 e. The summed E-state index contributed by atoms with van der Waals surface area (Å²) in [6.07, 6.45) is 2.48. The van der Waals surface area contributed by atoms with Gasteiger partial charge < -0.3 is 9.47 Å². The molecule has 0 aliphatic rings. The molecule has 1 aromatic heterocycles. The number of aromatic nitrogens is 2. The molecule has 1 amide bonds. The van der Waals surface area contributed by atoms with Gasteiger partial charge in [-0.1, -0.05) is 26.0 Å². The highest BCUT2D eigenvalue weighted by Gasteiger charge is 2.11. The zero-order chi connectivity index (χ0) is 22.9. The summed E-state index contributed by atoms with van der Waals surface area (Å²) in [7, 11) is 1.33. The van der Waals surface area contributed by atoms with Crippen LogP contribution in [0.4, 0.5) is 0 Å². The molecule has 0 aliphatic carbocycles. The third-order valence-electron chi connectivity index (χ3n) is 4.65. The Morgan fingerprint density at radius 1 is 1.12 bits per heavy atom. The summed E-state index contributed by atoms with van der Waals surface area (Å²) in [5, 5.41) is 10.9. The van der Waals surface area contributed by atoms with Gasteiger partial charge in [0.25, 0.3) is 5.91 Å². The molecule has 166 valence electrons. The van der Waals surface area contributed by atoms with Crippen LogP contribution in [0.15, 0.2) is 59.7 Å². The first-order valence-corrected chi connectivity index (χ1v) is 10.3. The van der Waals surface area contributed by atoms with Crippen molar-refractivity contribution in [2.75, 3.05) is 13.7 Å². The second-order valence-corrected chi connectivity index (χ2v) is 7.53. The van der Waals surface area contributed by atoms with Gasteiger partial charge in [0.15, 0.2) is 0 Å². The van der Waals surface area contributed by atoms with Gasteiger partial charge >= 0.3 is 5.97 Å². The van der Waals surface area contributed by atoms with Gasteiger partial charge in [-0.3, -0.25) is 9.89 Å². The Bertz CT molecular complexity index is 1070. The number of nitrogens with one attached hydrogen (secondary N) is 2. The molecule has 32 heavy (non-hydrogen) atoms. The zero-order valence-electron chi connectivity index (χ0n) is 18.3. The fourth-order valence-electron chi connectivity index (χ4n) is 2.77. The fraction of sp³-hybridized carbons (Fsp3) is 0.250. The van der Waals surface area contributed by atoms with Gasteiger partial charge in [0.2, 0.25) is 0 Å². The summed E-state index contributed by atoms with van der Waals surface area (Å²) < 4.78 is 10.4. The number of H-pyrrole nitrogens is 1. The molecule has 0 saturated heterocycles. The maximum atomic E-state index is 12.3. The van der Waals surface area contributed by atoms with Gasteiger partial charge in [0.05, 0.1) is 31.2 Å². The van der Waals surface area contributed by atoms with Crippen molar-refractivity contribution >= 4 is 18.1 Å². The Labute approximate surface area is 186 Å². The van der Waals surface area contributed by atoms with Crippen molar-refractivity contribution in [3.05, 3.63) is 71.4 Å². The third kappa shape index (κ3) is 6.28. The van der Waals surface area contributed by atoms with E-state index in [4.69, 9.17) is 4.74 Å². The summed E-state index contributed by atoms with van der Waals surface area (Å²) >= 11 is 0. The predicted molar refractivity (Wildman–Crippen MR) is 122 cm³/mol. The highest BCUT2D eigenvalue weighted by molar-refractivity contribution is 5.94. The maximum Gasteiger partial charge on any atom is 0.337 e. The number of ether oxygens (including phenoxy) is 2. The first-order valence-electron chi connectivity index (χ1n) is 10.3. The molecule has 3 aromatic rings. The molecule has 0 saturated carbocycles. The Kier molecular flexibility index (Phi) is 7.75. The number of carbonyl (C=O) groups is 2. The highest BCUT2D eigenvalue weighted by atomic mass is 16.5. The monoisotopic (exact) mass is 434 g/mol. The molecule has 2 aromatic carbocycles. The molecule has 8 nitrogen and oxygen atoms in total. The van der Waals surface area contributed by atoms with E-state index in [9.17, 15) is 9.59 Å². The Balaban J connectivity index is 1.55. The summed E-state index contributed by atoms with van der Waals surface area (Å²) in [5.74, 6) is 0.571. The Morgan fingerprint density at radius 2 is 1.84 bits per heavy atom. The van der Waals surface area contributed by atoms with Crippen molar-refractivity contribution in [2.24, 2.45) is 11.0 Å². The van der Waals surface area contributed by atoms with E-state index in [-0.39, 0.29) is 5.69 Å². The zero-order valence-corrected chi connectivity index (χ0v) is 18.3. The number of hydrogen-bond donors (Lipinski definition) is 2. The number of benzene rings is 2. The molecular weight excluding hydrogens is 408 g/mol. The molecule has 1 heterocycles. The minimum absolute atomic E-state index is 0.287. The molecule has 0 atom stereocenters. The highest BCUT2D eigenvalue weighted by Crippen LogP contribution is 2.21. The van der Waals surface area contributed by atoms with Crippen LogP contribution in [0.3, 0.4) is 0 Å². The minimum atomic E-state index is -0.417. The van der Waals surface area contributed by atoms with E-state index in [0.717, 1.165) is 23.3 Å². The second kappa shape index (κ2) is 10.9. The number of methoxy groups -OCH3 is 1. The van der Waals surface area contributed by atoms with Gasteiger partial charge in [0, 0.05) is 5.56 Å². The molecular formula is C24H26N4O4. The standard InChI is InChI=1S/C24H26N4O4/c1-16(2)12-13-32-20-10-8-18(9-11-20)21-14-22(27-26-21)23(29)28-25-15-17-4-6-19(7-5-17)24(30)31-3/h4-11,14-16H,12-13H2,1-3H3,(H,26,27)(H,28,29)/b25-15-. The van der Waals surface area contributed by atoms with Crippen LogP contribution in [0, 0.1) is 5.92 Å².